The Labute approximate surface area is 226 Å². The number of fused-ring (bicyclic) bond motifs is 1. The zero-order valence-electron chi connectivity index (χ0n) is 20.4. The van der Waals surface area contributed by atoms with Crippen LogP contribution in [0.2, 0.25) is 15.1 Å². The van der Waals surface area contributed by atoms with Crippen LogP contribution < -0.4 is 10.4 Å². The summed E-state index contributed by atoms with van der Waals surface area (Å²) in [5.41, 5.74) is 2.82. The third-order valence-electron chi connectivity index (χ3n) is 7.31. The Kier molecular flexibility index (Phi) is 8.15. The van der Waals surface area contributed by atoms with Crippen molar-refractivity contribution in [1.82, 2.24) is 18.9 Å². The van der Waals surface area contributed by atoms with Crippen molar-refractivity contribution in [3.05, 3.63) is 61.4 Å². The van der Waals surface area contributed by atoms with Crippen molar-refractivity contribution in [3.63, 3.8) is 0 Å². The van der Waals surface area contributed by atoms with Gasteiger partial charge in [-0.25, -0.2) is 4.79 Å². The Balaban J connectivity index is 1.36. The minimum absolute atomic E-state index is 0.00872. The highest BCUT2D eigenvalue weighted by Gasteiger charge is 2.27. The fourth-order valence-electron chi connectivity index (χ4n) is 5.33. The molecule has 0 N–H and O–H groups in total. The molecule has 0 spiro atoms. The van der Waals surface area contributed by atoms with Crippen LogP contribution in [0.3, 0.4) is 0 Å². The Morgan fingerprint density at radius 3 is 2.31 bits per heavy atom. The molecule has 2 fully saturated rings. The van der Waals surface area contributed by atoms with Gasteiger partial charge in [0.05, 0.1) is 41.4 Å². The molecule has 3 heterocycles. The van der Waals surface area contributed by atoms with Gasteiger partial charge < -0.3 is 9.47 Å². The maximum atomic E-state index is 13.7. The molecule has 36 heavy (non-hydrogen) atoms. The lowest BCUT2D eigenvalue weighted by atomic mass is 10.0. The van der Waals surface area contributed by atoms with E-state index in [0.29, 0.717) is 21.6 Å². The number of ether oxygens (including phenoxy) is 2. The Bertz CT molecular complexity index is 1280. The molecular formula is C26H31Cl3N4O3. The lowest BCUT2D eigenvalue weighted by Gasteiger charge is -2.32. The number of nitrogens with zero attached hydrogens (tertiary/aromatic N) is 4. The van der Waals surface area contributed by atoms with Gasteiger partial charge in [-0.3, -0.25) is 18.9 Å². The van der Waals surface area contributed by atoms with Gasteiger partial charge in [0.15, 0.2) is 0 Å². The van der Waals surface area contributed by atoms with Crippen molar-refractivity contribution in [2.24, 2.45) is 0 Å². The number of piperidine rings is 1. The van der Waals surface area contributed by atoms with E-state index >= 15 is 0 Å². The number of halogens is 3. The molecule has 0 unspecified atom stereocenters. The molecule has 2 saturated heterocycles. The van der Waals surface area contributed by atoms with E-state index in [1.54, 1.807) is 7.11 Å². The molecule has 2 aliphatic heterocycles. The highest BCUT2D eigenvalue weighted by atomic mass is 35.5. The first-order chi connectivity index (χ1) is 17.4. The number of aromatic nitrogens is 2. The second kappa shape index (κ2) is 11.3. The largest absolute Gasteiger partial charge is 0.496 e. The smallest absolute Gasteiger partial charge is 0.329 e. The SMILES string of the molecule is COc1cc(Cl)ccc1CN1CCC(n2c(=O)n(CCN3CCOCC3)c3cc(Cl)c(Cl)cc32)CC1. The molecular weight excluding hydrogens is 523 g/mol. The van der Waals surface area contributed by atoms with Crippen LogP contribution in [0, 0.1) is 0 Å². The summed E-state index contributed by atoms with van der Waals surface area (Å²) >= 11 is 18.9. The van der Waals surface area contributed by atoms with Crippen molar-refractivity contribution in [1.29, 1.82) is 0 Å². The van der Waals surface area contributed by atoms with Crippen molar-refractivity contribution < 1.29 is 9.47 Å². The molecule has 0 aliphatic carbocycles. The molecule has 0 atom stereocenters. The number of hydrogen-bond donors (Lipinski definition) is 0. The summed E-state index contributed by atoms with van der Waals surface area (Å²) in [4.78, 5) is 18.5. The number of imidazole rings is 1. The number of rotatable bonds is 7. The fourth-order valence-corrected chi connectivity index (χ4v) is 5.81. The summed E-state index contributed by atoms with van der Waals surface area (Å²) in [6.07, 6.45) is 1.75. The zero-order valence-corrected chi connectivity index (χ0v) is 22.7. The van der Waals surface area contributed by atoms with E-state index in [-0.39, 0.29) is 11.7 Å². The Hall–Kier alpha value is -1.74. The van der Waals surface area contributed by atoms with Crippen LogP contribution >= 0.6 is 34.8 Å². The highest BCUT2D eigenvalue weighted by Crippen LogP contribution is 2.32. The van der Waals surface area contributed by atoms with E-state index in [1.807, 2.05) is 39.5 Å². The highest BCUT2D eigenvalue weighted by molar-refractivity contribution is 6.42. The van der Waals surface area contributed by atoms with Crippen molar-refractivity contribution in [3.8, 4) is 5.75 Å². The van der Waals surface area contributed by atoms with Gasteiger partial charge in [0.1, 0.15) is 5.75 Å². The predicted molar refractivity (Wildman–Crippen MR) is 145 cm³/mol. The van der Waals surface area contributed by atoms with Crippen LogP contribution in [0.5, 0.6) is 5.75 Å². The number of hydrogen-bond acceptors (Lipinski definition) is 5. The first-order valence-electron chi connectivity index (χ1n) is 12.4. The van der Waals surface area contributed by atoms with Crippen LogP contribution in [-0.4, -0.2) is 72.0 Å². The Morgan fingerprint density at radius 2 is 1.61 bits per heavy atom. The second-order valence-electron chi connectivity index (χ2n) is 9.48. The quantitative estimate of drug-likeness (QED) is 0.415. The van der Waals surface area contributed by atoms with Gasteiger partial charge in [-0.15, -0.1) is 0 Å². The number of morpholine rings is 1. The first kappa shape index (κ1) is 25.9. The maximum Gasteiger partial charge on any atom is 0.329 e. The van der Waals surface area contributed by atoms with E-state index < -0.39 is 0 Å². The van der Waals surface area contributed by atoms with E-state index in [9.17, 15) is 4.79 Å². The molecule has 5 rings (SSSR count). The summed E-state index contributed by atoms with van der Waals surface area (Å²) in [7, 11) is 1.67. The number of benzene rings is 2. The Morgan fingerprint density at radius 1 is 0.917 bits per heavy atom. The third kappa shape index (κ3) is 5.42. The summed E-state index contributed by atoms with van der Waals surface area (Å²) in [6.45, 7) is 7.18. The number of likely N-dealkylation sites (tertiary alicyclic amines) is 1. The lowest BCUT2D eigenvalue weighted by molar-refractivity contribution is 0.0364. The van der Waals surface area contributed by atoms with Crippen LogP contribution in [-0.2, 0) is 17.8 Å². The van der Waals surface area contributed by atoms with Gasteiger partial charge in [0, 0.05) is 62.4 Å². The van der Waals surface area contributed by atoms with Gasteiger partial charge in [-0.1, -0.05) is 40.9 Å². The average molecular weight is 554 g/mol. The van der Waals surface area contributed by atoms with Crippen LogP contribution in [0.1, 0.15) is 24.4 Å². The summed E-state index contributed by atoms with van der Waals surface area (Å²) < 4.78 is 14.8. The average Bonchev–Trinajstić information content (AvgIpc) is 3.15. The predicted octanol–water partition coefficient (Wildman–Crippen LogP) is 4.94. The zero-order chi connectivity index (χ0) is 25.2. The monoisotopic (exact) mass is 552 g/mol. The minimum atomic E-state index is 0.00872. The second-order valence-corrected chi connectivity index (χ2v) is 10.7. The maximum absolute atomic E-state index is 13.7. The summed E-state index contributed by atoms with van der Waals surface area (Å²) in [6, 6.07) is 9.54. The van der Waals surface area contributed by atoms with Gasteiger partial charge in [0.2, 0.25) is 0 Å². The summed E-state index contributed by atoms with van der Waals surface area (Å²) in [5, 5.41) is 1.60. The topological polar surface area (TPSA) is 51.9 Å². The molecule has 0 bridgehead atoms. The van der Waals surface area contributed by atoms with Gasteiger partial charge in [0.25, 0.3) is 0 Å². The van der Waals surface area contributed by atoms with Crippen LogP contribution in [0.15, 0.2) is 35.1 Å². The van der Waals surface area contributed by atoms with Crippen molar-refractivity contribution in [2.45, 2.75) is 32.0 Å². The third-order valence-corrected chi connectivity index (χ3v) is 8.27. The first-order valence-corrected chi connectivity index (χ1v) is 13.5. The molecule has 10 heteroatoms. The molecule has 0 radical (unpaired) electrons. The van der Waals surface area contributed by atoms with Gasteiger partial charge in [-0.2, -0.15) is 0 Å². The van der Waals surface area contributed by atoms with Crippen molar-refractivity contribution >= 4 is 45.8 Å². The molecule has 0 amide bonds. The molecule has 0 saturated carbocycles. The molecule has 2 aliphatic rings. The van der Waals surface area contributed by atoms with Crippen LogP contribution in [0.25, 0.3) is 11.0 Å². The van der Waals surface area contributed by atoms with E-state index in [4.69, 9.17) is 44.3 Å². The minimum Gasteiger partial charge on any atom is -0.496 e. The number of methoxy groups -OCH3 is 1. The van der Waals surface area contributed by atoms with Gasteiger partial charge in [-0.05, 0) is 37.1 Å². The van der Waals surface area contributed by atoms with Crippen LogP contribution in [0.4, 0.5) is 0 Å². The lowest BCUT2D eigenvalue weighted by Crippen LogP contribution is -2.40. The summed E-state index contributed by atoms with van der Waals surface area (Å²) in [5.74, 6) is 0.802. The molecule has 7 nitrogen and oxygen atoms in total. The molecule has 194 valence electrons. The molecule has 3 aromatic rings. The normalized spacial score (nSPS) is 18.2. The standard InChI is InChI=1S/C26H31Cl3N4O3/c1-35-25-14-19(27)3-2-18(25)17-31-6-4-20(5-7-31)33-24-16-22(29)21(28)15-23(24)32(26(33)34)9-8-30-10-12-36-13-11-30/h2-3,14-16,20H,4-13,17H2,1H3. The van der Waals surface area contributed by atoms with E-state index in [1.165, 1.54) is 0 Å². The van der Waals surface area contributed by atoms with Crippen molar-refractivity contribution in [2.75, 3.05) is 53.0 Å². The molecule has 1 aromatic heterocycles. The molecule has 2 aromatic carbocycles. The fraction of sp³-hybridized carbons (Fsp3) is 0.500. The van der Waals surface area contributed by atoms with Gasteiger partial charge >= 0.3 is 5.69 Å². The van der Waals surface area contributed by atoms with E-state index in [0.717, 1.165) is 87.7 Å². The van der Waals surface area contributed by atoms with E-state index in [2.05, 4.69) is 9.80 Å².